The molecule has 3 aliphatic carbocycles. The van der Waals surface area contributed by atoms with Gasteiger partial charge in [0.15, 0.2) is 0 Å². The molecule has 0 heterocycles. The van der Waals surface area contributed by atoms with Crippen LogP contribution in [0.4, 0.5) is 10.1 Å². The number of nitrogens with one attached hydrogen (secondary N) is 1. The van der Waals surface area contributed by atoms with Crippen molar-refractivity contribution in [2.45, 2.75) is 31.7 Å². The number of carbonyl (C=O) groups is 1. The maximum atomic E-state index is 14.1. The summed E-state index contributed by atoms with van der Waals surface area (Å²) < 4.78 is 14.1. The Balaban J connectivity index is 1.90. The molecule has 6 heteroatoms. The third kappa shape index (κ3) is 2.52. The van der Waals surface area contributed by atoms with Gasteiger partial charge in [0.2, 0.25) is 0 Å². The average molecular weight is 323 g/mol. The minimum Gasteiger partial charge on any atom is -0.481 e. The molecule has 0 radical (unpaired) electrons. The quantitative estimate of drug-likeness (QED) is 0.890. The lowest BCUT2D eigenvalue weighted by Crippen LogP contribution is -2.51. The molecule has 0 amide bonds. The van der Waals surface area contributed by atoms with E-state index in [0.717, 1.165) is 31.7 Å². The minimum atomic E-state index is -0.827. The molecule has 2 bridgehead atoms. The van der Waals surface area contributed by atoms with Crippen LogP contribution in [0.2, 0.25) is 5.02 Å². The van der Waals surface area contributed by atoms with E-state index in [0.29, 0.717) is 0 Å². The Morgan fingerprint density at radius 3 is 2.55 bits per heavy atom. The summed E-state index contributed by atoms with van der Waals surface area (Å²) in [5, 5.41) is 21.6. The number of benzene rings is 1. The maximum absolute atomic E-state index is 14.1. The highest BCUT2D eigenvalue weighted by molar-refractivity contribution is 6.32. The van der Waals surface area contributed by atoms with Gasteiger partial charge in [-0.05, 0) is 49.7 Å². The number of nitriles is 1. The summed E-state index contributed by atoms with van der Waals surface area (Å²) in [5.74, 6) is -1.52. The molecular weight excluding hydrogens is 307 g/mol. The van der Waals surface area contributed by atoms with Crippen LogP contribution in [-0.4, -0.2) is 17.1 Å². The van der Waals surface area contributed by atoms with Crippen molar-refractivity contribution in [2.24, 2.45) is 17.8 Å². The largest absolute Gasteiger partial charge is 0.481 e. The van der Waals surface area contributed by atoms with Gasteiger partial charge in [0.05, 0.1) is 22.2 Å². The summed E-state index contributed by atoms with van der Waals surface area (Å²) in [4.78, 5) is 11.6. The van der Waals surface area contributed by atoms with E-state index in [-0.39, 0.29) is 34.2 Å². The zero-order valence-electron chi connectivity index (χ0n) is 11.9. The Labute approximate surface area is 132 Å². The van der Waals surface area contributed by atoms with Crippen LogP contribution in [0.25, 0.3) is 0 Å². The van der Waals surface area contributed by atoms with Gasteiger partial charge in [0, 0.05) is 6.04 Å². The van der Waals surface area contributed by atoms with Crippen molar-refractivity contribution < 1.29 is 14.3 Å². The molecule has 2 unspecified atom stereocenters. The lowest BCUT2D eigenvalue weighted by molar-refractivity contribution is -0.148. The topological polar surface area (TPSA) is 73.1 Å². The molecule has 0 aliphatic heterocycles. The van der Waals surface area contributed by atoms with Gasteiger partial charge in [0.1, 0.15) is 11.9 Å². The molecule has 2 atom stereocenters. The van der Waals surface area contributed by atoms with Crippen LogP contribution >= 0.6 is 11.6 Å². The van der Waals surface area contributed by atoms with Crippen molar-refractivity contribution in [1.82, 2.24) is 0 Å². The molecule has 3 fully saturated rings. The normalized spacial score (nSPS) is 29.9. The van der Waals surface area contributed by atoms with E-state index in [1.54, 1.807) is 0 Å². The molecule has 4 rings (SSSR count). The van der Waals surface area contributed by atoms with Crippen LogP contribution in [-0.2, 0) is 4.79 Å². The monoisotopic (exact) mass is 322 g/mol. The van der Waals surface area contributed by atoms with Gasteiger partial charge < -0.3 is 10.4 Å². The number of carboxylic acids is 1. The second-order valence-electron chi connectivity index (χ2n) is 6.13. The number of fused-ring (bicyclic) bond motifs is 3. The molecule has 3 aliphatic rings. The van der Waals surface area contributed by atoms with E-state index in [1.807, 2.05) is 6.07 Å². The Morgan fingerprint density at radius 1 is 1.32 bits per heavy atom. The fraction of sp³-hybridized carbons (Fsp3) is 0.500. The number of nitrogens with zero attached hydrogens (tertiary/aromatic N) is 1. The maximum Gasteiger partial charge on any atom is 0.308 e. The van der Waals surface area contributed by atoms with Crippen LogP contribution in [0, 0.1) is 34.9 Å². The number of halogens is 2. The summed E-state index contributed by atoms with van der Waals surface area (Å²) >= 11 is 5.95. The van der Waals surface area contributed by atoms with E-state index in [2.05, 4.69) is 5.32 Å². The van der Waals surface area contributed by atoms with Gasteiger partial charge in [-0.1, -0.05) is 11.6 Å². The number of anilines is 1. The predicted molar refractivity (Wildman–Crippen MR) is 80.1 cm³/mol. The third-order valence-corrected chi connectivity index (χ3v) is 5.32. The Bertz CT molecular complexity index is 650. The van der Waals surface area contributed by atoms with Crippen LogP contribution in [0.5, 0.6) is 0 Å². The summed E-state index contributed by atoms with van der Waals surface area (Å²) in [5.41, 5.74) is 0.248. The zero-order chi connectivity index (χ0) is 15.9. The summed E-state index contributed by atoms with van der Waals surface area (Å²) in [7, 11) is 0. The number of rotatable bonds is 3. The number of carboxylic acid groups (broad SMARTS) is 1. The van der Waals surface area contributed by atoms with Gasteiger partial charge in [0.25, 0.3) is 0 Å². The molecule has 0 spiro atoms. The average Bonchev–Trinajstić information content (AvgIpc) is 2.51. The SMILES string of the molecule is N#Cc1cc(F)c(NC2C3CCC(CC3)C2C(=O)O)cc1Cl. The Morgan fingerprint density at radius 2 is 1.95 bits per heavy atom. The van der Waals surface area contributed by atoms with E-state index in [9.17, 15) is 14.3 Å². The van der Waals surface area contributed by atoms with Gasteiger partial charge in [-0.2, -0.15) is 5.26 Å². The zero-order valence-corrected chi connectivity index (χ0v) is 12.6. The van der Waals surface area contributed by atoms with Gasteiger partial charge in [-0.25, -0.2) is 4.39 Å². The molecule has 22 heavy (non-hydrogen) atoms. The Kier molecular flexibility index (Phi) is 3.96. The van der Waals surface area contributed by atoms with Crippen molar-refractivity contribution in [3.63, 3.8) is 0 Å². The van der Waals surface area contributed by atoms with E-state index in [4.69, 9.17) is 16.9 Å². The number of aliphatic carboxylic acids is 1. The predicted octanol–water partition coefficient (Wildman–Crippen LogP) is 3.65. The first-order valence-corrected chi connectivity index (χ1v) is 7.77. The van der Waals surface area contributed by atoms with Crippen LogP contribution in [0.1, 0.15) is 31.2 Å². The van der Waals surface area contributed by atoms with E-state index in [1.165, 1.54) is 6.07 Å². The van der Waals surface area contributed by atoms with Crippen molar-refractivity contribution in [2.75, 3.05) is 5.32 Å². The molecule has 1 aromatic rings. The molecule has 3 saturated carbocycles. The van der Waals surface area contributed by atoms with Crippen molar-refractivity contribution >= 4 is 23.3 Å². The van der Waals surface area contributed by atoms with Gasteiger partial charge >= 0.3 is 5.97 Å². The van der Waals surface area contributed by atoms with Crippen molar-refractivity contribution in [3.8, 4) is 6.07 Å². The van der Waals surface area contributed by atoms with E-state index >= 15 is 0 Å². The fourth-order valence-electron chi connectivity index (χ4n) is 3.94. The molecule has 0 saturated heterocycles. The second-order valence-corrected chi connectivity index (χ2v) is 6.54. The van der Waals surface area contributed by atoms with Crippen LogP contribution in [0.15, 0.2) is 12.1 Å². The van der Waals surface area contributed by atoms with Crippen LogP contribution < -0.4 is 5.32 Å². The molecule has 116 valence electrons. The lowest BCUT2D eigenvalue weighted by Gasteiger charge is -2.47. The lowest BCUT2D eigenvalue weighted by atomic mass is 9.61. The van der Waals surface area contributed by atoms with Crippen molar-refractivity contribution in [1.29, 1.82) is 5.26 Å². The molecule has 1 aromatic carbocycles. The number of hydrogen-bond donors (Lipinski definition) is 2. The molecule has 0 aromatic heterocycles. The molecule has 2 N–H and O–H groups in total. The summed E-state index contributed by atoms with van der Waals surface area (Å²) in [6.07, 6.45) is 3.79. The first-order valence-electron chi connectivity index (χ1n) is 7.39. The molecule has 4 nitrogen and oxygen atoms in total. The Hall–Kier alpha value is -1.80. The number of hydrogen-bond acceptors (Lipinski definition) is 3. The summed E-state index contributed by atoms with van der Waals surface area (Å²) in [6, 6.07) is 4.00. The van der Waals surface area contributed by atoms with Gasteiger partial charge in [-0.15, -0.1) is 0 Å². The van der Waals surface area contributed by atoms with Crippen LogP contribution in [0.3, 0.4) is 0 Å². The first kappa shape index (κ1) is 15.1. The highest BCUT2D eigenvalue weighted by Gasteiger charge is 2.47. The summed E-state index contributed by atoms with van der Waals surface area (Å²) in [6.45, 7) is 0. The molecular formula is C16H16ClFN2O2. The smallest absolute Gasteiger partial charge is 0.308 e. The minimum absolute atomic E-state index is 0.0738. The standard InChI is InChI=1S/C16H16ClFN2O2/c17-11-6-13(12(18)5-10(11)7-19)20-15-9-3-1-8(2-4-9)14(15)16(21)22/h5-6,8-9,14-15,20H,1-4H2,(H,21,22). The van der Waals surface area contributed by atoms with Crippen molar-refractivity contribution in [3.05, 3.63) is 28.5 Å². The fourth-order valence-corrected chi connectivity index (χ4v) is 4.14. The van der Waals surface area contributed by atoms with E-state index < -0.39 is 17.7 Å². The van der Waals surface area contributed by atoms with Gasteiger partial charge in [-0.3, -0.25) is 4.79 Å². The highest BCUT2D eigenvalue weighted by atomic mass is 35.5. The third-order valence-electron chi connectivity index (χ3n) is 5.00. The second kappa shape index (κ2) is 5.77. The first-order chi connectivity index (χ1) is 10.5. The highest BCUT2D eigenvalue weighted by Crippen LogP contribution is 2.46.